The second-order valence-electron chi connectivity index (χ2n) is 2.99. The molecule has 1 aromatic rings. The van der Waals surface area contributed by atoms with Crippen molar-refractivity contribution in [1.82, 2.24) is 0 Å². The maximum absolute atomic E-state index is 10.5. The molecular weight excluding hydrogens is 216 g/mol. The van der Waals surface area contributed by atoms with E-state index in [1.54, 1.807) is 6.07 Å². The van der Waals surface area contributed by atoms with Crippen LogP contribution in [0.2, 0.25) is 5.02 Å². The largest absolute Gasteiger partial charge is 0.481 e. The maximum Gasteiger partial charge on any atom is 0.307 e. The van der Waals surface area contributed by atoms with Crippen LogP contribution in [-0.2, 0) is 17.8 Å². The fourth-order valence-electron chi connectivity index (χ4n) is 1.25. The number of hydrogen-bond donors (Lipinski definition) is 2. The zero-order valence-corrected chi connectivity index (χ0v) is 8.58. The Hall–Kier alpha value is -1.57. The zero-order chi connectivity index (χ0) is 11.4. The second kappa shape index (κ2) is 4.78. The van der Waals surface area contributed by atoms with Crippen LogP contribution in [0.25, 0.3) is 0 Å². The molecule has 0 saturated heterocycles. The average molecular weight is 225 g/mol. The summed E-state index contributed by atoms with van der Waals surface area (Å²) in [5, 5.41) is 17.7. The molecule has 0 aliphatic heterocycles. The quantitative estimate of drug-likeness (QED) is 0.810. The predicted octanol–water partition coefficient (Wildman–Crippen LogP) is 1.30. The molecule has 3 N–H and O–H groups in total. The molecule has 0 atom stereocenters. The Kier molecular flexibility index (Phi) is 3.67. The standard InChI is InChI=1S/C10H9ClN2O2/c11-10-7(3-9(14)15)1-6(4-12)2-8(10)5-13/h1-2H,3,5,13H2,(H,14,15). The van der Waals surface area contributed by atoms with E-state index in [-0.39, 0.29) is 13.0 Å². The first kappa shape index (κ1) is 11.5. The third-order valence-corrected chi connectivity index (χ3v) is 2.40. The van der Waals surface area contributed by atoms with Crippen LogP contribution in [0.15, 0.2) is 12.1 Å². The number of aliphatic carboxylic acids is 1. The molecule has 78 valence electrons. The Balaban J connectivity index is 3.25. The highest BCUT2D eigenvalue weighted by molar-refractivity contribution is 6.32. The molecule has 0 spiro atoms. The first-order valence-electron chi connectivity index (χ1n) is 4.21. The Morgan fingerprint density at radius 3 is 2.60 bits per heavy atom. The minimum absolute atomic E-state index is 0.182. The number of hydrogen-bond acceptors (Lipinski definition) is 3. The summed E-state index contributed by atoms with van der Waals surface area (Å²) in [6.45, 7) is 0.182. The van der Waals surface area contributed by atoms with Crippen LogP contribution < -0.4 is 5.73 Å². The number of carboxylic acid groups (broad SMARTS) is 1. The van der Waals surface area contributed by atoms with E-state index in [9.17, 15) is 4.79 Å². The molecule has 0 amide bonds. The summed E-state index contributed by atoms with van der Waals surface area (Å²) >= 11 is 5.93. The van der Waals surface area contributed by atoms with Crippen molar-refractivity contribution in [1.29, 1.82) is 5.26 Å². The van der Waals surface area contributed by atoms with E-state index in [1.165, 1.54) is 6.07 Å². The molecule has 0 aliphatic carbocycles. The average Bonchev–Trinajstić information content (AvgIpc) is 2.20. The minimum Gasteiger partial charge on any atom is -0.481 e. The van der Waals surface area contributed by atoms with Crippen molar-refractivity contribution in [2.24, 2.45) is 5.73 Å². The lowest BCUT2D eigenvalue weighted by Gasteiger charge is -2.07. The molecule has 0 aliphatic rings. The second-order valence-corrected chi connectivity index (χ2v) is 3.37. The fraction of sp³-hybridized carbons (Fsp3) is 0.200. The van der Waals surface area contributed by atoms with E-state index in [0.29, 0.717) is 21.7 Å². The molecule has 4 nitrogen and oxygen atoms in total. The molecule has 0 radical (unpaired) electrons. The highest BCUT2D eigenvalue weighted by atomic mass is 35.5. The number of halogens is 1. The van der Waals surface area contributed by atoms with Crippen molar-refractivity contribution in [3.8, 4) is 6.07 Å². The molecule has 0 aromatic heterocycles. The lowest BCUT2D eigenvalue weighted by atomic mass is 10.0. The van der Waals surface area contributed by atoms with Crippen LogP contribution >= 0.6 is 11.6 Å². The molecule has 0 unspecified atom stereocenters. The summed E-state index contributed by atoms with van der Waals surface area (Å²) in [5.41, 5.74) is 6.81. The molecular formula is C10H9ClN2O2. The molecule has 0 bridgehead atoms. The van der Waals surface area contributed by atoms with Crippen LogP contribution in [0, 0.1) is 11.3 Å². The van der Waals surface area contributed by atoms with E-state index in [0.717, 1.165) is 0 Å². The van der Waals surface area contributed by atoms with E-state index in [1.807, 2.05) is 6.07 Å². The molecule has 0 saturated carbocycles. The fourth-order valence-corrected chi connectivity index (χ4v) is 1.51. The molecule has 0 fully saturated rings. The summed E-state index contributed by atoms with van der Waals surface area (Å²) in [6.07, 6.45) is -0.207. The van der Waals surface area contributed by atoms with Gasteiger partial charge in [-0.15, -0.1) is 0 Å². The van der Waals surface area contributed by atoms with Gasteiger partial charge in [-0.25, -0.2) is 0 Å². The number of rotatable bonds is 3. The van der Waals surface area contributed by atoms with Crippen molar-refractivity contribution < 1.29 is 9.90 Å². The van der Waals surface area contributed by atoms with Gasteiger partial charge in [0.05, 0.1) is 18.1 Å². The normalized spacial score (nSPS) is 9.67. The van der Waals surface area contributed by atoms with Gasteiger partial charge in [-0.1, -0.05) is 11.6 Å². The maximum atomic E-state index is 10.5. The molecule has 1 aromatic carbocycles. The van der Waals surface area contributed by atoms with Gasteiger partial charge in [0.2, 0.25) is 0 Å². The topological polar surface area (TPSA) is 87.1 Å². The summed E-state index contributed by atoms with van der Waals surface area (Å²) in [5.74, 6) is -0.991. The molecule has 0 heterocycles. The van der Waals surface area contributed by atoms with Gasteiger partial charge in [-0.2, -0.15) is 5.26 Å². The minimum atomic E-state index is -0.991. The lowest BCUT2D eigenvalue weighted by molar-refractivity contribution is -0.136. The van der Waals surface area contributed by atoms with Gasteiger partial charge in [0.1, 0.15) is 0 Å². The monoisotopic (exact) mass is 224 g/mol. The number of benzene rings is 1. The summed E-state index contributed by atoms with van der Waals surface area (Å²) < 4.78 is 0. The first-order valence-corrected chi connectivity index (χ1v) is 4.59. The Morgan fingerprint density at radius 2 is 2.13 bits per heavy atom. The van der Waals surface area contributed by atoms with E-state index in [2.05, 4.69) is 0 Å². The third-order valence-electron chi connectivity index (χ3n) is 1.91. The van der Waals surface area contributed by atoms with E-state index in [4.69, 9.17) is 27.7 Å². The number of carboxylic acids is 1. The van der Waals surface area contributed by atoms with Gasteiger partial charge in [0.15, 0.2) is 0 Å². The van der Waals surface area contributed by atoms with Crippen molar-refractivity contribution in [2.75, 3.05) is 0 Å². The first-order chi connectivity index (χ1) is 7.08. The molecule has 15 heavy (non-hydrogen) atoms. The van der Waals surface area contributed by atoms with Gasteiger partial charge >= 0.3 is 5.97 Å². The third kappa shape index (κ3) is 2.69. The smallest absolute Gasteiger partial charge is 0.307 e. The van der Waals surface area contributed by atoms with Crippen LogP contribution in [0.5, 0.6) is 0 Å². The van der Waals surface area contributed by atoms with Crippen LogP contribution in [-0.4, -0.2) is 11.1 Å². The summed E-state index contributed by atoms with van der Waals surface area (Å²) in [6, 6.07) is 4.97. The van der Waals surface area contributed by atoms with Crippen LogP contribution in [0.3, 0.4) is 0 Å². The Morgan fingerprint density at radius 1 is 1.53 bits per heavy atom. The van der Waals surface area contributed by atoms with Gasteiger partial charge in [-0.05, 0) is 23.3 Å². The number of nitrogens with two attached hydrogens (primary N) is 1. The van der Waals surface area contributed by atoms with Gasteiger partial charge in [-0.3, -0.25) is 4.79 Å². The van der Waals surface area contributed by atoms with E-state index >= 15 is 0 Å². The van der Waals surface area contributed by atoms with Crippen molar-refractivity contribution in [3.05, 3.63) is 33.8 Å². The number of nitriles is 1. The van der Waals surface area contributed by atoms with Gasteiger partial charge in [0.25, 0.3) is 0 Å². The van der Waals surface area contributed by atoms with Crippen molar-refractivity contribution in [3.63, 3.8) is 0 Å². The number of carbonyl (C=O) groups is 1. The molecule has 5 heteroatoms. The molecule has 1 rings (SSSR count). The van der Waals surface area contributed by atoms with Crippen molar-refractivity contribution in [2.45, 2.75) is 13.0 Å². The van der Waals surface area contributed by atoms with Crippen LogP contribution in [0.1, 0.15) is 16.7 Å². The summed E-state index contributed by atoms with van der Waals surface area (Å²) in [4.78, 5) is 10.5. The SMILES string of the molecule is N#Cc1cc(CN)c(Cl)c(CC(=O)O)c1. The van der Waals surface area contributed by atoms with Crippen LogP contribution in [0.4, 0.5) is 0 Å². The van der Waals surface area contributed by atoms with E-state index < -0.39 is 5.97 Å². The lowest BCUT2D eigenvalue weighted by Crippen LogP contribution is -2.05. The highest BCUT2D eigenvalue weighted by Crippen LogP contribution is 2.23. The predicted molar refractivity (Wildman–Crippen MR) is 55.4 cm³/mol. The number of nitrogens with zero attached hydrogens (tertiary/aromatic N) is 1. The summed E-state index contributed by atoms with van der Waals surface area (Å²) in [7, 11) is 0. The van der Waals surface area contributed by atoms with Gasteiger partial charge < -0.3 is 10.8 Å². The zero-order valence-electron chi connectivity index (χ0n) is 7.83. The van der Waals surface area contributed by atoms with Crippen molar-refractivity contribution >= 4 is 17.6 Å². The Labute approximate surface area is 91.9 Å². The van der Waals surface area contributed by atoms with Gasteiger partial charge in [0, 0.05) is 11.6 Å². The highest BCUT2D eigenvalue weighted by Gasteiger charge is 2.10. The Bertz CT molecular complexity index is 438.